The number of anilines is 1. The van der Waals surface area contributed by atoms with Gasteiger partial charge >= 0.3 is 6.61 Å². The lowest BCUT2D eigenvalue weighted by Gasteiger charge is -2.13. The third kappa shape index (κ3) is 4.57. The van der Waals surface area contributed by atoms with Crippen molar-refractivity contribution in [1.82, 2.24) is 19.5 Å². The molecule has 0 aliphatic heterocycles. The highest BCUT2D eigenvalue weighted by molar-refractivity contribution is 7.99. The first-order valence-electron chi connectivity index (χ1n) is 9.26. The number of hydrogen-bond donors (Lipinski definition) is 1. The molecule has 10 heteroatoms. The van der Waals surface area contributed by atoms with Crippen LogP contribution in [-0.4, -0.2) is 26.1 Å². The molecule has 156 valence electrons. The number of allylic oxidation sites excluding steroid dienone is 4. The average molecular weight is 450 g/mol. The number of benzene rings is 1. The number of imidazole rings is 1. The van der Waals surface area contributed by atoms with Crippen molar-refractivity contribution < 1.29 is 13.5 Å². The molecule has 30 heavy (non-hydrogen) atoms. The van der Waals surface area contributed by atoms with E-state index in [1.54, 1.807) is 18.2 Å². The Labute approximate surface area is 180 Å². The van der Waals surface area contributed by atoms with Crippen LogP contribution in [0.4, 0.5) is 14.6 Å². The lowest BCUT2D eigenvalue weighted by Crippen LogP contribution is -2.04. The first-order chi connectivity index (χ1) is 14.5. The molecule has 0 fully saturated rings. The van der Waals surface area contributed by atoms with Crippen LogP contribution in [0.3, 0.4) is 0 Å². The molecule has 1 aliphatic rings. The van der Waals surface area contributed by atoms with Gasteiger partial charge in [0, 0.05) is 16.5 Å². The van der Waals surface area contributed by atoms with Crippen LogP contribution in [0.1, 0.15) is 19.3 Å². The van der Waals surface area contributed by atoms with Crippen LogP contribution >= 0.6 is 23.4 Å². The fourth-order valence-electron chi connectivity index (χ4n) is 3.18. The maximum Gasteiger partial charge on any atom is 0.387 e. The summed E-state index contributed by atoms with van der Waals surface area (Å²) in [6.45, 7) is -2.30. The summed E-state index contributed by atoms with van der Waals surface area (Å²) >= 11 is 7.65. The molecule has 0 saturated carbocycles. The van der Waals surface area contributed by atoms with Gasteiger partial charge in [0.25, 0.3) is 0 Å². The number of aryl methyl sites for hydroxylation is 1. The van der Waals surface area contributed by atoms with Gasteiger partial charge in [-0.2, -0.15) is 8.78 Å². The number of halogens is 3. The second-order valence-corrected chi connectivity index (χ2v) is 7.99. The van der Waals surface area contributed by atoms with Gasteiger partial charge in [0.05, 0.1) is 0 Å². The summed E-state index contributed by atoms with van der Waals surface area (Å²) in [5, 5.41) is 1.40. The molecule has 2 aromatic heterocycles. The minimum atomic E-state index is -2.88. The predicted molar refractivity (Wildman–Crippen MR) is 113 cm³/mol. The Morgan fingerprint density at radius 3 is 2.87 bits per heavy atom. The molecule has 0 radical (unpaired) electrons. The second kappa shape index (κ2) is 9.01. The third-order valence-electron chi connectivity index (χ3n) is 4.56. The molecule has 1 aliphatic carbocycles. The number of nitrogen functional groups attached to an aromatic ring is 1. The summed E-state index contributed by atoms with van der Waals surface area (Å²) in [5.41, 5.74) is 8.18. The molecule has 4 rings (SSSR count). The number of aromatic nitrogens is 4. The number of nitrogens with zero attached hydrogens (tertiary/aromatic N) is 4. The summed E-state index contributed by atoms with van der Waals surface area (Å²) < 4.78 is 31.5. The van der Waals surface area contributed by atoms with Crippen molar-refractivity contribution in [2.75, 3.05) is 5.73 Å². The SMILES string of the molecule is Nc1ncnc2c1nc(Sc1cccc(OC(F)F)c1)n2CCC1=CCCC=C1Cl. The molecule has 6 nitrogen and oxygen atoms in total. The number of fused-ring (bicyclic) bond motifs is 1. The van der Waals surface area contributed by atoms with E-state index in [2.05, 4.69) is 25.8 Å². The van der Waals surface area contributed by atoms with Gasteiger partial charge in [-0.05, 0) is 43.0 Å². The Kier molecular flexibility index (Phi) is 6.19. The first-order valence-corrected chi connectivity index (χ1v) is 10.4. The standard InChI is InChI=1S/C20H18ClF2N5OS/c21-15-7-2-1-4-12(15)8-9-28-18-16(17(24)25-11-26-18)27-20(28)30-14-6-3-5-13(10-14)29-19(22)23/h3-7,10-11,19H,1-2,8-9H2,(H2,24,25,26). The maximum absolute atomic E-state index is 12.5. The zero-order valence-electron chi connectivity index (χ0n) is 15.8. The molecule has 1 aromatic carbocycles. The fourth-order valence-corrected chi connectivity index (χ4v) is 4.42. The Morgan fingerprint density at radius 2 is 2.07 bits per heavy atom. The highest BCUT2D eigenvalue weighted by atomic mass is 35.5. The Morgan fingerprint density at radius 1 is 1.23 bits per heavy atom. The topological polar surface area (TPSA) is 78.8 Å². The van der Waals surface area contributed by atoms with E-state index in [-0.39, 0.29) is 11.6 Å². The lowest BCUT2D eigenvalue weighted by atomic mass is 10.0. The van der Waals surface area contributed by atoms with Gasteiger partial charge in [-0.3, -0.25) is 0 Å². The van der Waals surface area contributed by atoms with E-state index in [1.165, 1.54) is 24.2 Å². The Hall–Kier alpha value is -2.65. The van der Waals surface area contributed by atoms with Crippen LogP contribution in [0.5, 0.6) is 5.75 Å². The molecular formula is C20H18ClF2N5OS. The zero-order chi connectivity index (χ0) is 21.1. The largest absolute Gasteiger partial charge is 0.435 e. The molecular weight excluding hydrogens is 432 g/mol. The highest BCUT2D eigenvalue weighted by Gasteiger charge is 2.17. The van der Waals surface area contributed by atoms with Crippen molar-refractivity contribution in [1.29, 1.82) is 0 Å². The van der Waals surface area contributed by atoms with E-state index >= 15 is 0 Å². The van der Waals surface area contributed by atoms with E-state index in [9.17, 15) is 8.78 Å². The highest BCUT2D eigenvalue weighted by Crippen LogP contribution is 2.34. The number of ether oxygens (including phenoxy) is 1. The van der Waals surface area contributed by atoms with Gasteiger partial charge in [0.1, 0.15) is 12.1 Å². The second-order valence-electron chi connectivity index (χ2n) is 6.54. The van der Waals surface area contributed by atoms with E-state index in [1.807, 2.05) is 10.6 Å². The lowest BCUT2D eigenvalue weighted by molar-refractivity contribution is -0.0499. The maximum atomic E-state index is 12.5. The molecule has 0 spiro atoms. The van der Waals surface area contributed by atoms with Crippen LogP contribution in [0.2, 0.25) is 0 Å². The van der Waals surface area contributed by atoms with Gasteiger partial charge in [-0.25, -0.2) is 15.0 Å². The summed E-state index contributed by atoms with van der Waals surface area (Å²) in [7, 11) is 0. The molecule has 0 saturated heterocycles. The predicted octanol–water partition coefficient (Wildman–Crippen LogP) is 5.39. The average Bonchev–Trinajstić information content (AvgIpc) is 3.06. The van der Waals surface area contributed by atoms with Gasteiger partial charge in [-0.1, -0.05) is 41.6 Å². The van der Waals surface area contributed by atoms with Crippen LogP contribution in [0.25, 0.3) is 11.2 Å². The van der Waals surface area contributed by atoms with Gasteiger partial charge in [0.2, 0.25) is 0 Å². The van der Waals surface area contributed by atoms with Crippen LogP contribution < -0.4 is 10.5 Å². The van der Waals surface area contributed by atoms with Crippen molar-refractivity contribution in [3.8, 4) is 5.75 Å². The number of hydrogen-bond acceptors (Lipinski definition) is 6. The molecule has 0 bridgehead atoms. The summed E-state index contributed by atoms with van der Waals surface area (Å²) in [4.78, 5) is 13.7. The van der Waals surface area contributed by atoms with E-state index in [4.69, 9.17) is 17.3 Å². The van der Waals surface area contributed by atoms with Crippen molar-refractivity contribution in [3.63, 3.8) is 0 Å². The van der Waals surface area contributed by atoms with E-state index in [0.717, 1.165) is 23.4 Å². The Bertz CT molecular complexity index is 1130. The van der Waals surface area contributed by atoms with Gasteiger partial charge < -0.3 is 15.0 Å². The quantitative estimate of drug-likeness (QED) is 0.520. The van der Waals surface area contributed by atoms with Crippen LogP contribution in [0, 0.1) is 0 Å². The molecule has 3 aromatic rings. The summed E-state index contributed by atoms with van der Waals surface area (Å²) in [5.74, 6) is 0.367. The van der Waals surface area contributed by atoms with Crippen molar-refractivity contribution in [3.05, 3.63) is 53.4 Å². The monoisotopic (exact) mass is 449 g/mol. The van der Waals surface area contributed by atoms with Crippen LogP contribution in [0.15, 0.2) is 63.4 Å². The van der Waals surface area contributed by atoms with Crippen molar-refractivity contribution in [2.45, 2.75) is 42.5 Å². The first kappa shape index (κ1) is 20.6. The van der Waals surface area contributed by atoms with Crippen molar-refractivity contribution in [2.24, 2.45) is 0 Å². The molecule has 2 N–H and O–H groups in total. The Balaban J connectivity index is 1.65. The molecule has 0 atom stereocenters. The zero-order valence-corrected chi connectivity index (χ0v) is 17.3. The van der Waals surface area contributed by atoms with Gasteiger partial charge in [0.15, 0.2) is 22.1 Å². The summed E-state index contributed by atoms with van der Waals surface area (Å²) in [6, 6.07) is 6.47. The van der Waals surface area contributed by atoms with Crippen LogP contribution in [-0.2, 0) is 6.54 Å². The normalized spacial score (nSPS) is 14.1. The minimum absolute atomic E-state index is 0.0845. The molecule has 0 unspecified atom stereocenters. The smallest absolute Gasteiger partial charge is 0.387 e. The fraction of sp³-hybridized carbons (Fsp3) is 0.250. The number of rotatable bonds is 7. The van der Waals surface area contributed by atoms with Gasteiger partial charge in [-0.15, -0.1) is 0 Å². The minimum Gasteiger partial charge on any atom is -0.435 e. The van der Waals surface area contributed by atoms with E-state index < -0.39 is 6.61 Å². The summed E-state index contributed by atoms with van der Waals surface area (Å²) in [6.07, 6.45) is 8.17. The molecule has 2 heterocycles. The third-order valence-corrected chi connectivity index (χ3v) is 5.94. The number of alkyl halides is 2. The van der Waals surface area contributed by atoms with Crippen molar-refractivity contribution >= 4 is 40.3 Å². The van der Waals surface area contributed by atoms with E-state index in [0.29, 0.717) is 34.2 Å². The molecule has 0 amide bonds. The number of nitrogens with two attached hydrogens (primary N) is 1.